The first-order valence-corrected chi connectivity index (χ1v) is 8.53. The van der Waals surface area contributed by atoms with Crippen LogP contribution in [0.15, 0.2) is 24.3 Å². The van der Waals surface area contributed by atoms with Crippen LogP contribution in [0.3, 0.4) is 0 Å². The summed E-state index contributed by atoms with van der Waals surface area (Å²) in [7, 11) is 0. The van der Waals surface area contributed by atoms with E-state index in [4.69, 9.17) is 4.74 Å². The van der Waals surface area contributed by atoms with Crippen molar-refractivity contribution in [3.05, 3.63) is 35.4 Å². The predicted octanol–water partition coefficient (Wildman–Crippen LogP) is 3.46. The number of likely N-dealkylation sites (tertiary alicyclic amines) is 1. The van der Waals surface area contributed by atoms with Gasteiger partial charge in [-0.2, -0.15) is 13.2 Å². The van der Waals surface area contributed by atoms with Gasteiger partial charge in [-0.25, -0.2) is 0 Å². The zero-order chi connectivity index (χ0) is 17.4. The summed E-state index contributed by atoms with van der Waals surface area (Å²) in [6, 6.07) is 5.38. The highest BCUT2D eigenvalue weighted by Crippen LogP contribution is 2.51. The SMILES string of the molecule is CCOC1CC(O)C12CCN(Cc1ccc(C(F)(F)F)cc1)CC2. The van der Waals surface area contributed by atoms with Crippen molar-refractivity contribution in [2.45, 2.75) is 51.1 Å². The molecule has 1 saturated heterocycles. The average molecular weight is 343 g/mol. The number of aliphatic hydroxyl groups is 1. The van der Waals surface area contributed by atoms with Crippen LogP contribution in [0.5, 0.6) is 0 Å². The molecule has 0 radical (unpaired) electrons. The molecule has 1 heterocycles. The van der Waals surface area contributed by atoms with Crippen LogP contribution in [-0.4, -0.2) is 41.9 Å². The Bertz CT molecular complexity index is 548. The number of hydrogen-bond acceptors (Lipinski definition) is 3. The Hall–Kier alpha value is -1.11. The molecule has 24 heavy (non-hydrogen) atoms. The third-order valence-electron chi connectivity index (χ3n) is 5.58. The van der Waals surface area contributed by atoms with Crippen molar-refractivity contribution in [1.29, 1.82) is 0 Å². The fourth-order valence-electron chi connectivity index (χ4n) is 4.00. The van der Waals surface area contributed by atoms with E-state index in [-0.39, 0.29) is 17.6 Å². The van der Waals surface area contributed by atoms with Crippen molar-refractivity contribution in [3.8, 4) is 0 Å². The Morgan fingerprint density at radius 2 is 1.83 bits per heavy atom. The van der Waals surface area contributed by atoms with Gasteiger partial charge in [-0.1, -0.05) is 12.1 Å². The maximum atomic E-state index is 12.6. The monoisotopic (exact) mass is 343 g/mol. The molecular formula is C18H24F3NO2. The maximum Gasteiger partial charge on any atom is 0.416 e. The van der Waals surface area contributed by atoms with Gasteiger partial charge in [0.15, 0.2) is 0 Å². The van der Waals surface area contributed by atoms with Gasteiger partial charge in [0, 0.05) is 25.0 Å². The number of piperidine rings is 1. The van der Waals surface area contributed by atoms with Crippen LogP contribution in [0.1, 0.15) is 37.3 Å². The van der Waals surface area contributed by atoms with Gasteiger partial charge in [-0.15, -0.1) is 0 Å². The number of aliphatic hydroxyl groups excluding tert-OH is 1. The lowest BCUT2D eigenvalue weighted by molar-refractivity contribution is -0.209. The Morgan fingerprint density at radius 1 is 1.21 bits per heavy atom. The average Bonchev–Trinajstić information content (AvgIpc) is 2.55. The van der Waals surface area contributed by atoms with Gasteiger partial charge in [0.05, 0.1) is 17.8 Å². The smallest absolute Gasteiger partial charge is 0.392 e. The summed E-state index contributed by atoms with van der Waals surface area (Å²) >= 11 is 0. The summed E-state index contributed by atoms with van der Waals surface area (Å²) < 4.78 is 43.6. The number of rotatable bonds is 4. The van der Waals surface area contributed by atoms with Crippen molar-refractivity contribution < 1.29 is 23.0 Å². The first-order chi connectivity index (χ1) is 11.3. The molecule has 1 aromatic carbocycles. The quantitative estimate of drug-likeness (QED) is 0.909. The van der Waals surface area contributed by atoms with Gasteiger partial charge in [0.25, 0.3) is 0 Å². The number of nitrogens with zero attached hydrogens (tertiary/aromatic N) is 1. The summed E-state index contributed by atoms with van der Waals surface area (Å²) in [5.41, 5.74) is 0.155. The van der Waals surface area contributed by atoms with Crippen molar-refractivity contribution in [3.63, 3.8) is 0 Å². The van der Waals surface area contributed by atoms with Crippen molar-refractivity contribution >= 4 is 0 Å². The zero-order valence-electron chi connectivity index (χ0n) is 13.9. The molecule has 0 bridgehead atoms. The van der Waals surface area contributed by atoms with Gasteiger partial charge in [-0.3, -0.25) is 4.90 Å². The van der Waals surface area contributed by atoms with Gasteiger partial charge < -0.3 is 9.84 Å². The number of benzene rings is 1. The van der Waals surface area contributed by atoms with E-state index in [0.717, 1.165) is 43.6 Å². The Balaban J connectivity index is 1.56. The molecule has 1 aliphatic heterocycles. The number of halogens is 3. The standard InChI is InChI=1S/C18H24F3NO2/c1-2-24-16-11-15(23)17(16)7-9-22(10-8-17)12-13-3-5-14(6-4-13)18(19,20)21/h3-6,15-16,23H,2,7-12H2,1H3. The molecule has 3 nitrogen and oxygen atoms in total. The Labute approximate surface area is 140 Å². The van der Waals surface area contributed by atoms with Gasteiger partial charge in [0.2, 0.25) is 0 Å². The third kappa shape index (κ3) is 3.32. The number of ether oxygens (including phenoxy) is 1. The van der Waals surface area contributed by atoms with Gasteiger partial charge in [-0.05, 0) is 50.6 Å². The molecule has 1 saturated carbocycles. The molecule has 2 fully saturated rings. The zero-order valence-corrected chi connectivity index (χ0v) is 13.9. The predicted molar refractivity (Wildman–Crippen MR) is 84.4 cm³/mol. The summed E-state index contributed by atoms with van der Waals surface area (Å²) in [5.74, 6) is 0. The second-order valence-electron chi connectivity index (χ2n) is 6.90. The lowest BCUT2D eigenvalue weighted by Gasteiger charge is -2.56. The van der Waals surface area contributed by atoms with Gasteiger partial charge in [0.1, 0.15) is 0 Å². The summed E-state index contributed by atoms with van der Waals surface area (Å²) in [6.07, 6.45) is -1.97. The van der Waals surface area contributed by atoms with Crippen LogP contribution in [0, 0.1) is 5.41 Å². The lowest BCUT2D eigenvalue weighted by atomic mass is 9.58. The van der Waals surface area contributed by atoms with E-state index in [0.29, 0.717) is 19.6 Å². The molecule has 1 aromatic rings. The highest BCUT2D eigenvalue weighted by Gasteiger charge is 2.55. The van der Waals surface area contributed by atoms with Crippen molar-refractivity contribution in [2.24, 2.45) is 5.41 Å². The molecule has 2 aliphatic rings. The topological polar surface area (TPSA) is 32.7 Å². The van der Waals surface area contributed by atoms with E-state index >= 15 is 0 Å². The molecule has 2 unspecified atom stereocenters. The Morgan fingerprint density at radius 3 is 2.33 bits per heavy atom. The maximum absolute atomic E-state index is 12.6. The molecule has 0 amide bonds. The van der Waals surface area contributed by atoms with Crippen LogP contribution < -0.4 is 0 Å². The van der Waals surface area contributed by atoms with E-state index in [9.17, 15) is 18.3 Å². The summed E-state index contributed by atoms with van der Waals surface area (Å²) in [5, 5.41) is 10.2. The minimum Gasteiger partial charge on any atom is -0.392 e. The molecule has 6 heteroatoms. The molecule has 134 valence electrons. The minimum atomic E-state index is -4.29. The van der Waals surface area contributed by atoms with E-state index in [1.807, 2.05) is 6.92 Å². The van der Waals surface area contributed by atoms with Crippen LogP contribution >= 0.6 is 0 Å². The highest BCUT2D eigenvalue weighted by molar-refractivity contribution is 5.24. The van der Waals surface area contributed by atoms with E-state index in [2.05, 4.69) is 4.90 Å². The molecular weight excluding hydrogens is 319 g/mol. The molecule has 0 aromatic heterocycles. The molecule has 2 atom stereocenters. The van der Waals surface area contributed by atoms with Crippen molar-refractivity contribution in [1.82, 2.24) is 4.90 Å². The summed E-state index contributed by atoms with van der Waals surface area (Å²) in [6.45, 7) is 4.94. The molecule has 3 rings (SSSR count). The summed E-state index contributed by atoms with van der Waals surface area (Å²) in [4.78, 5) is 2.24. The highest BCUT2D eigenvalue weighted by atomic mass is 19.4. The van der Waals surface area contributed by atoms with Crippen LogP contribution in [0.2, 0.25) is 0 Å². The largest absolute Gasteiger partial charge is 0.416 e. The third-order valence-corrected chi connectivity index (χ3v) is 5.58. The minimum absolute atomic E-state index is 0.118. The number of hydrogen-bond donors (Lipinski definition) is 1. The molecule has 1 spiro atoms. The molecule has 1 N–H and O–H groups in total. The molecule has 1 aliphatic carbocycles. The lowest BCUT2D eigenvalue weighted by Crippen LogP contribution is -2.62. The fraction of sp³-hybridized carbons (Fsp3) is 0.667. The second-order valence-corrected chi connectivity index (χ2v) is 6.90. The first kappa shape index (κ1) is 17.7. The van der Waals surface area contributed by atoms with E-state index in [1.165, 1.54) is 0 Å². The second kappa shape index (κ2) is 6.65. The fourth-order valence-corrected chi connectivity index (χ4v) is 4.00. The normalized spacial score (nSPS) is 27.2. The Kier molecular flexibility index (Phi) is 4.91. The number of alkyl halides is 3. The first-order valence-electron chi connectivity index (χ1n) is 8.53. The van der Waals surface area contributed by atoms with Gasteiger partial charge >= 0.3 is 6.18 Å². The van der Waals surface area contributed by atoms with Crippen molar-refractivity contribution in [2.75, 3.05) is 19.7 Å². The van der Waals surface area contributed by atoms with Crippen LogP contribution in [0.4, 0.5) is 13.2 Å². The van der Waals surface area contributed by atoms with E-state index in [1.54, 1.807) is 12.1 Å². The van der Waals surface area contributed by atoms with Crippen LogP contribution in [0.25, 0.3) is 0 Å². The van der Waals surface area contributed by atoms with Crippen LogP contribution in [-0.2, 0) is 17.5 Å². The van der Waals surface area contributed by atoms with E-state index < -0.39 is 11.7 Å².